The first kappa shape index (κ1) is 21.5. The Morgan fingerprint density at radius 3 is 2.64 bits per heavy atom. The van der Waals surface area contributed by atoms with Gasteiger partial charge in [0.15, 0.2) is 0 Å². The number of aromatic nitrogens is 1. The first-order valence-corrected chi connectivity index (χ1v) is 8.96. The van der Waals surface area contributed by atoms with E-state index in [9.17, 15) is 24.4 Å². The minimum atomic E-state index is -1.24. The highest BCUT2D eigenvalue weighted by atomic mass is 79.9. The molecule has 0 spiro atoms. The van der Waals surface area contributed by atoms with Crippen molar-refractivity contribution in [1.29, 1.82) is 0 Å². The van der Waals surface area contributed by atoms with E-state index in [1.54, 1.807) is 13.8 Å². The van der Waals surface area contributed by atoms with Crippen LogP contribution in [0.4, 0.5) is 14.9 Å². The Labute approximate surface area is 169 Å². The van der Waals surface area contributed by atoms with E-state index in [2.05, 4.69) is 20.9 Å². The molecule has 0 saturated carbocycles. The van der Waals surface area contributed by atoms with Crippen LogP contribution in [0.2, 0.25) is 0 Å². The lowest BCUT2D eigenvalue weighted by Crippen LogP contribution is -2.40. The van der Waals surface area contributed by atoms with Gasteiger partial charge in [0.1, 0.15) is 11.5 Å². The zero-order chi connectivity index (χ0) is 21.1. The molecule has 1 N–H and O–H groups in total. The number of hydrogen-bond acceptors (Lipinski definition) is 5. The van der Waals surface area contributed by atoms with Crippen LogP contribution in [0.25, 0.3) is 0 Å². The van der Waals surface area contributed by atoms with Gasteiger partial charge < -0.3 is 14.7 Å². The van der Waals surface area contributed by atoms with Gasteiger partial charge in [0.05, 0.1) is 18.6 Å². The summed E-state index contributed by atoms with van der Waals surface area (Å²) in [7, 11) is 1.38. The maximum absolute atomic E-state index is 13.5. The molecule has 28 heavy (non-hydrogen) atoms. The Morgan fingerprint density at radius 2 is 2.07 bits per heavy atom. The summed E-state index contributed by atoms with van der Waals surface area (Å²) in [6.45, 7) is 3.10. The number of amides is 1. The van der Waals surface area contributed by atoms with Gasteiger partial charge in [-0.3, -0.25) is 10.1 Å². The molecule has 0 aliphatic heterocycles. The topological polar surface area (TPSA) is 106 Å². The molecule has 150 valence electrons. The van der Waals surface area contributed by atoms with Gasteiger partial charge in [-0.1, -0.05) is 29.8 Å². The molecule has 1 aromatic heterocycles. The highest BCUT2D eigenvalue weighted by Crippen LogP contribution is 2.33. The van der Waals surface area contributed by atoms with Crippen molar-refractivity contribution in [3.63, 3.8) is 0 Å². The number of pyridine rings is 1. The Kier molecular flexibility index (Phi) is 6.55. The molecular formula is C18H19BrFN3O5. The number of methoxy groups -OCH3 is 1. The predicted octanol–water partition coefficient (Wildman–Crippen LogP) is 4.36. The summed E-state index contributed by atoms with van der Waals surface area (Å²) in [6.07, 6.45) is -1.24. The second-order valence-electron chi connectivity index (χ2n) is 6.74. The van der Waals surface area contributed by atoms with Crippen LogP contribution in [-0.4, -0.2) is 39.7 Å². The largest absolute Gasteiger partial charge is 0.481 e. The highest BCUT2D eigenvalue weighted by Gasteiger charge is 2.35. The summed E-state index contributed by atoms with van der Waals surface area (Å²) in [6, 6.07) is 6.63. The maximum atomic E-state index is 13.5. The van der Waals surface area contributed by atoms with E-state index < -0.39 is 22.2 Å². The molecule has 10 heteroatoms. The highest BCUT2D eigenvalue weighted by molar-refractivity contribution is 9.10. The Bertz CT molecular complexity index is 907. The number of hydrogen-bond donors (Lipinski definition) is 1. The number of halogens is 2. The molecule has 2 rings (SSSR count). The number of nitro groups is 1. The van der Waals surface area contributed by atoms with E-state index in [1.165, 1.54) is 37.4 Å². The molecule has 0 radical (unpaired) electrons. The number of carbonyl (C=O) groups is 1. The summed E-state index contributed by atoms with van der Waals surface area (Å²) >= 11 is 3.28. The zero-order valence-electron chi connectivity index (χ0n) is 15.5. The van der Waals surface area contributed by atoms with Gasteiger partial charge in [-0.2, -0.15) is 0 Å². The summed E-state index contributed by atoms with van der Waals surface area (Å²) in [5.74, 6) is -0.309. The molecule has 8 nitrogen and oxygen atoms in total. The second-order valence-corrected chi connectivity index (χ2v) is 7.59. The summed E-state index contributed by atoms with van der Waals surface area (Å²) in [5, 5.41) is 21.0. The van der Waals surface area contributed by atoms with Crippen LogP contribution < -0.4 is 4.74 Å². The number of ether oxygens (including phenoxy) is 1. The van der Waals surface area contributed by atoms with Crippen LogP contribution in [0.5, 0.6) is 5.88 Å². The molecule has 0 fully saturated rings. The lowest BCUT2D eigenvalue weighted by molar-refractivity contribution is -0.386. The first-order chi connectivity index (χ1) is 13.0. The van der Waals surface area contributed by atoms with Crippen LogP contribution in [0.3, 0.4) is 0 Å². The molecule has 1 heterocycles. The fourth-order valence-electron chi connectivity index (χ4n) is 2.81. The molecule has 0 saturated heterocycles. The Morgan fingerprint density at radius 1 is 1.39 bits per heavy atom. The number of nitrogens with zero attached hydrogens (tertiary/aromatic N) is 3. The standard InChI is InChI=1S/C18H19BrFN3O5/c1-18(2,16-14(23(26)27)6-7-15(21-16)28-3)10-22(17(24)25)9-11-8-12(20)4-5-13(11)19/h4-8H,9-10H2,1-3H3,(H,24,25). The summed E-state index contributed by atoms with van der Waals surface area (Å²) < 4.78 is 19.2. The van der Waals surface area contributed by atoms with Crippen molar-refractivity contribution < 1.29 is 24.0 Å². The van der Waals surface area contributed by atoms with Crippen molar-refractivity contribution in [2.45, 2.75) is 25.8 Å². The SMILES string of the molecule is COc1ccc([N+](=O)[O-])c(C(C)(C)CN(Cc2cc(F)ccc2Br)C(=O)O)n1. The second kappa shape index (κ2) is 8.51. The van der Waals surface area contributed by atoms with Crippen LogP contribution >= 0.6 is 15.9 Å². The fourth-order valence-corrected chi connectivity index (χ4v) is 3.18. The quantitative estimate of drug-likeness (QED) is 0.490. The minimum absolute atomic E-state index is 0.0985. The van der Waals surface area contributed by atoms with Crippen molar-refractivity contribution in [2.24, 2.45) is 0 Å². The molecule has 0 atom stereocenters. The van der Waals surface area contributed by atoms with Gasteiger partial charge in [-0.15, -0.1) is 0 Å². The number of benzene rings is 1. The predicted molar refractivity (Wildman–Crippen MR) is 103 cm³/mol. The third kappa shape index (κ3) is 4.94. The fraction of sp³-hybridized carbons (Fsp3) is 0.333. The van der Waals surface area contributed by atoms with Crippen LogP contribution in [-0.2, 0) is 12.0 Å². The average Bonchev–Trinajstić information content (AvgIpc) is 2.63. The lowest BCUT2D eigenvalue weighted by Gasteiger charge is -2.30. The van der Waals surface area contributed by atoms with Crippen LogP contribution in [0.1, 0.15) is 25.1 Å². The molecule has 0 unspecified atom stereocenters. The summed E-state index contributed by atoms with van der Waals surface area (Å²) in [4.78, 5) is 27.9. The Hall–Kier alpha value is -2.75. The molecule has 0 bridgehead atoms. The van der Waals surface area contributed by atoms with Crippen LogP contribution in [0, 0.1) is 15.9 Å². The van der Waals surface area contributed by atoms with Gasteiger partial charge in [0.25, 0.3) is 5.69 Å². The van der Waals surface area contributed by atoms with E-state index in [0.717, 1.165) is 4.90 Å². The monoisotopic (exact) mass is 455 g/mol. The lowest BCUT2D eigenvalue weighted by atomic mass is 9.87. The number of rotatable bonds is 7. The minimum Gasteiger partial charge on any atom is -0.481 e. The van der Waals surface area contributed by atoms with Crippen molar-refractivity contribution >= 4 is 27.7 Å². The van der Waals surface area contributed by atoms with E-state index >= 15 is 0 Å². The van der Waals surface area contributed by atoms with Gasteiger partial charge >= 0.3 is 6.09 Å². The van der Waals surface area contributed by atoms with Crippen molar-refractivity contribution in [2.75, 3.05) is 13.7 Å². The van der Waals surface area contributed by atoms with E-state index in [-0.39, 0.29) is 30.4 Å². The van der Waals surface area contributed by atoms with Gasteiger partial charge in [0, 0.05) is 28.6 Å². The summed E-state index contributed by atoms with van der Waals surface area (Å²) in [5.41, 5.74) is -0.717. The maximum Gasteiger partial charge on any atom is 0.407 e. The molecule has 2 aromatic rings. The van der Waals surface area contributed by atoms with E-state index in [0.29, 0.717) is 10.0 Å². The van der Waals surface area contributed by atoms with Gasteiger partial charge in [0.2, 0.25) is 5.88 Å². The van der Waals surface area contributed by atoms with E-state index in [4.69, 9.17) is 4.74 Å². The van der Waals surface area contributed by atoms with Crippen LogP contribution in [0.15, 0.2) is 34.8 Å². The molecular weight excluding hydrogens is 437 g/mol. The number of carboxylic acid groups (broad SMARTS) is 1. The Balaban J connectivity index is 2.40. The van der Waals surface area contributed by atoms with Crippen molar-refractivity contribution in [3.8, 4) is 5.88 Å². The van der Waals surface area contributed by atoms with Gasteiger partial charge in [-0.25, -0.2) is 14.2 Å². The normalized spacial score (nSPS) is 11.2. The average molecular weight is 456 g/mol. The van der Waals surface area contributed by atoms with Crippen molar-refractivity contribution in [3.05, 3.63) is 62.0 Å². The first-order valence-electron chi connectivity index (χ1n) is 8.17. The molecule has 1 amide bonds. The van der Waals surface area contributed by atoms with Crippen molar-refractivity contribution in [1.82, 2.24) is 9.88 Å². The third-order valence-electron chi connectivity index (χ3n) is 4.12. The zero-order valence-corrected chi connectivity index (χ0v) is 17.1. The smallest absolute Gasteiger partial charge is 0.407 e. The van der Waals surface area contributed by atoms with Gasteiger partial charge in [-0.05, 0) is 23.8 Å². The third-order valence-corrected chi connectivity index (χ3v) is 4.89. The van der Waals surface area contributed by atoms with E-state index in [1.807, 2.05) is 0 Å². The molecule has 0 aliphatic carbocycles. The molecule has 1 aromatic carbocycles. The molecule has 0 aliphatic rings.